The highest BCUT2D eigenvalue weighted by atomic mass is 32.2. The first kappa shape index (κ1) is 15.6. The van der Waals surface area contributed by atoms with Gasteiger partial charge in [0.15, 0.2) is 9.84 Å². The van der Waals surface area contributed by atoms with Crippen LogP contribution in [-0.4, -0.2) is 38.5 Å². The zero-order chi connectivity index (χ0) is 14.8. The summed E-state index contributed by atoms with van der Waals surface area (Å²) >= 11 is 0. The highest BCUT2D eigenvalue weighted by Gasteiger charge is 2.37. The van der Waals surface area contributed by atoms with E-state index in [0.717, 1.165) is 6.42 Å². The Labute approximate surface area is 121 Å². The molecule has 0 aromatic carbocycles. The molecule has 1 saturated heterocycles. The smallest absolute Gasteiger partial charge is 0.315 e. The SMILES string of the molecule is CC(C)CC1(CNC(=O)N[C@H]2CCS(=O)(=O)C2)CCC1. The molecule has 5 nitrogen and oxygen atoms in total. The number of sulfone groups is 1. The number of carbonyl (C=O) groups is 1. The first-order valence-electron chi connectivity index (χ1n) is 7.55. The molecule has 2 amide bonds. The number of rotatable bonds is 5. The van der Waals surface area contributed by atoms with Crippen molar-refractivity contribution in [2.75, 3.05) is 18.1 Å². The van der Waals surface area contributed by atoms with Crippen LogP contribution in [0, 0.1) is 11.3 Å². The molecule has 1 atom stereocenters. The first-order chi connectivity index (χ1) is 9.30. The Morgan fingerprint density at radius 3 is 2.50 bits per heavy atom. The van der Waals surface area contributed by atoms with Crippen molar-refractivity contribution in [3.05, 3.63) is 0 Å². The normalized spacial score (nSPS) is 27.1. The van der Waals surface area contributed by atoms with Crippen LogP contribution in [0.25, 0.3) is 0 Å². The molecule has 1 saturated carbocycles. The van der Waals surface area contributed by atoms with Crippen molar-refractivity contribution in [3.63, 3.8) is 0 Å². The van der Waals surface area contributed by atoms with E-state index in [2.05, 4.69) is 24.5 Å². The van der Waals surface area contributed by atoms with E-state index in [-0.39, 0.29) is 29.0 Å². The summed E-state index contributed by atoms with van der Waals surface area (Å²) < 4.78 is 22.7. The zero-order valence-electron chi connectivity index (χ0n) is 12.4. The fourth-order valence-corrected chi connectivity index (χ4v) is 5.08. The Balaban J connectivity index is 1.75. The highest BCUT2D eigenvalue weighted by molar-refractivity contribution is 7.91. The summed E-state index contributed by atoms with van der Waals surface area (Å²) in [7, 11) is -2.94. The molecule has 0 aromatic rings. The van der Waals surface area contributed by atoms with Gasteiger partial charge in [-0.15, -0.1) is 0 Å². The minimum absolute atomic E-state index is 0.0809. The fraction of sp³-hybridized carbons (Fsp3) is 0.929. The molecule has 2 fully saturated rings. The van der Waals surface area contributed by atoms with Gasteiger partial charge in [-0.1, -0.05) is 20.3 Å². The van der Waals surface area contributed by atoms with Gasteiger partial charge in [0.05, 0.1) is 11.5 Å². The van der Waals surface area contributed by atoms with Gasteiger partial charge in [-0.25, -0.2) is 13.2 Å². The summed E-state index contributed by atoms with van der Waals surface area (Å²) in [5.41, 5.74) is 0.271. The van der Waals surface area contributed by atoms with E-state index in [1.807, 2.05) is 0 Å². The molecule has 1 aliphatic carbocycles. The maximum atomic E-state index is 11.9. The quantitative estimate of drug-likeness (QED) is 0.811. The van der Waals surface area contributed by atoms with Crippen molar-refractivity contribution in [1.29, 1.82) is 0 Å². The lowest BCUT2D eigenvalue weighted by Gasteiger charge is -2.43. The lowest BCUT2D eigenvalue weighted by atomic mass is 9.64. The second kappa shape index (κ2) is 5.92. The molecule has 0 spiro atoms. The lowest BCUT2D eigenvalue weighted by molar-refractivity contribution is 0.101. The van der Waals surface area contributed by atoms with Gasteiger partial charge in [-0.2, -0.15) is 0 Å². The predicted molar refractivity (Wildman–Crippen MR) is 79.3 cm³/mol. The number of nitrogens with one attached hydrogen (secondary N) is 2. The molecule has 6 heteroatoms. The summed E-state index contributed by atoms with van der Waals surface area (Å²) in [6, 6.07) is -0.440. The van der Waals surface area contributed by atoms with Crippen molar-refractivity contribution < 1.29 is 13.2 Å². The summed E-state index contributed by atoms with van der Waals surface area (Å²) in [5.74, 6) is 0.910. The largest absolute Gasteiger partial charge is 0.338 e. The van der Waals surface area contributed by atoms with Crippen LogP contribution in [0.5, 0.6) is 0 Å². The second-order valence-corrected chi connectivity index (χ2v) is 9.11. The van der Waals surface area contributed by atoms with E-state index >= 15 is 0 Å². The number of carbonyl (C=O) groups excluding carboxylic acids is 1. The fourth-order valence-electron chi connectivity index (χ4n) is 3.41. The minimum Gasteiger partial charge on any atom is -0.338 e. The van der Waals surface area contributed by atoms with Gasteiger partial charge >= 0.3 is 6.03 Å². The molecule has 0 bridgehead atoms. The number of hydrogen-bond donors (Lipinski definition) is 2. The third-order valence-corrected chi connectivity index (χ3v) is 6.22. The average Bonchev–Trinajstić information content (AvgIpc) is 2.61. The van der Waals surface area contributed by atoms with E-state index < -0.39 is 9.84 Å². The Morgan fingerprint density at radius 1 is 1.35 bits per heavy atom. The molecular formula is C14H26N2O3S. The van der Waals surface area contributed by atoms with Crippen molar-refractivity contribution in [1.82, 2.24) is 10.6 Å². The van der Waals surface area contributed by atoms with Gasteiger partial charge in [0.25, 0.3) is 0 Å². The third kappa shape index (κ3) is 4.11. The lowest BCUT2D eigenvalue weighted by Crippen LogP contribution is -2.48. The Morgan fingerprint density at radius 2 is 2.05 bits per heavy atom. The number of hydrogen-bond acceptors (Lipinski definition) is 3. The standard InChI is InChI=1S/C14H26N2O3S/c1-11(2)8-14(5-3-6-14)10-15-13(17)16-12-4-7-20(18,19)9-12/h11-12H,3-10H2,1-2H3,(H2,15,16,17)/t12-/m0/s1. The molecule has 0 unspecified atom stereocenters. The van der Waals surface area contributed by atoms with Crippen LogP contribution in [0.4, 0.5) is 4.79 Å². The Kier molecular flexibility index (Phi) is 4.62. The van der Waals surface area contributed by atoms with Crippen LogP contribution in [0.1, 0.15) is 46.0 Å². The van der Waals surface area contributed by atoms with Crippen LogP contribution in [0.2, 0.25) is 0 Å². The molecule has 1 heterocycles. The predicted octanol–water partition coefficient (Wildman–Crippen LogP) is 1.69. The minimum atomic E-state index is -2.94. The maximum absolute atomic E-state index is 11.9. The molecule has 1 aliphatic heterocycles. The van der Waals surface area contributed by atoms with Gasteiger partial charge in [-0.3, -0.25) is 0 Å². The van der Waals surface area contributed by atoms with Crippen LogP contribution in [0.15, 0.2) is 0 Å². The van der Waals surface area contributed by atoms with E-state index in [1.165, 1.54) is 19.3 Å². The molecular weight excluding hydrogens is 276 g/mol. The van der Waals surface area contributed by atoms with E-state index in [4.69, 9.17) is 0 Å². The van der Waals surface area contributed by atoms with Crippen LogP contribution < -0.4 is 10.6 Å². The summed E-state index contributed by atoms with van der Waals surface area (Å²) in [6.07, 6.45) is 5.29. The zero-order valence-corrected chi connectivity index (χ0v) is 13.3. The van der Waals surface area contributed by atoms with Gasteiger partial charge < -0.3 is 10.6 Å². The van der Waals surface area contributed by atoms with E-state index in [0.29, 0.717) is 18.9 Å². The Bertz CT molecular complexity index is 455. The second-order valence-electron chi connectivity index (χ2n) is 6.88. The maximum Gasteiger partial charge on any atom is 0.315 e. The van der Waals surface area contributed by atoms with Gasteiger partial charge in [0.2, 0.25) is 0 Å². The van der Waals surface area contributed by atoms with Crippen LogP contribution in [0.3, 0.4) is 0 Å². The summed E-state index contributed by atoms with van der Waals surface area (Å²) in [6.45, 7) is 5.13. The van der Waals surface area contributed by atoms with Crippen molar-refractivity contribution >= 4 is 15.9 Å². The van der Waals surface area contributed by atoms with E-state index in [9.17, 15) is 13.2 Å². The van der Waals surface area contributed by atoms with Gasteiger partial charge in [-0.05, 0) is 37.0 Å². The monoisotopic (exact) mass is 302 g/mol. The molecule has 2 aliphatic rings. The van der Waals surface area contributed by atoms with Gasteiger partial charge in [0, 0.05) is 12.6 Å². The topological polar surface area (TPSA) is 75.3 Å². The van der Waals surface area contributed by atoms with Gasteiger partial charge in [0.1, 0.15) is 0 Å². The van der Waals surface area contributed by atoms with E-state index in [1.54, 1.807) is 0 Å². The molecule has 2 rings (SSSR count). The highest BCUT2D eigenvalue weighted by Crippen LogP contribution is 2.45. The number of amides is 2. The number of urea groups is 1. The Hall–Kier alpha value is -0.780. The molecule has 20 heavy (non-hydrogen) atoms. The molecule has 116 valence electrons. The molecule has 0 radical (unpaired) electrons. The summed E-state index contributed by atoms with van der Waals surface area (Å²) in [5, 5.41) is 5.72. The summed E-state index contributed by atoms with van der Waals surface area (Å²) in [4.78, 5) is 11.9. The first-order valence-corrected chi connectivity index (χ1v) is 9.37. The van der Waals surface area contributed by atoms with Crippen LogP contribution in [-0.2, 0) is 9.84 Å². The average molecular weight is 302 g/mol. The van der Waals surface area contributed by atoms with Crippen molar-refractivity contribution in [3.8, 4) is 0 Å². The molecule has 0 aromatic heterocycles. The van der Waals surface area contributed by atoms with Crippen molar-refractivity contribution in [2.24, 2.45) is 11.3 Å². The molecule has 2 N–H and O–H groups in total. The third-order valence-electron chi connectivity index (χ3n) is 4.45. The van der Waals surface area contributed by atoms with Crippen molar-refractivity contribution in [2.45, 2.75) is 52.0 Å². The van der Waals surface area contributed by atoms with Crippen LogP contribution >= 0.6 is 0 Å².